The van der Waals surface area contributed by atoms with Gasteiger partial charge in [0.15, 0.2) is 0 Å². The standard InChI is InChI=1S/C17H18N2O4/c1-11-4-6-12(7-5-11)16(20)18-19-17(21)14-10-13(22-2)8-9-15(14)23-3/h4-10H,1-3H3,(H,18,20)(H,19,21). The van der Waals surface area contributed by atoms with Gasteiger partial charge in [0.1, 0.15) is 11.5 Å². The number of benzene rings is 2. The zero-order valence-corrected chi connectivity index (χ0v) is 13.2. The molecule has 0 fully saturated rings. The van der Waals surface area contributed by atoms with Crippen molar-refractivity contribution >= 4 is 11.8 Å². The number of aryl methyl sites for hydroxylation is 1. The van der Waals surface area contributed by atoms with Crippen LogP contribution in [0.3, 0.4) is 0 Å². The maximum absolute atomic E-state index is 12.2. The van der Waals surface area contributed by atoms with Gasteiger partial charge in [0.05, 0.1) is 19.8 Å². The maximum Gasteiger partial charge on any atom is 0.273 e. The van der Waals surface area contributed by atoms with Crippen molar-refractivity contribution in [1.29, 1.82) is 0 Å². The zero-order valence-electron chi connectivity index (χ0n) is 13.2. The quantitative estimate of drug-likeness (QED) is 0.847. The Labute approximate surface area is 134 Å². The van der Waals surface area contributed by atoms with E-state index in [1.807, 2.05) is 19.1 Å². The van der Waals surface area contributed by atoms with Gasteiger partial charge in [0.25, 0.3) is 11.8 Å². The third kappa shape index (κ3) is 4.00. The molecule has 0 aliphatic rings. The zero-order chi connectivity index (χ0) is 16.8. The molecule has 2 aromatic carbocycles. The van der Waals surface area contributed by atoms with Gasteiger partial charge in [0.2, 0.25) is 0 Å². The number of methoxy groups -OCH3 is 2. The predicted octanol–water partition coefficient (Wildman–Crippen LogP) is 2.09. The van der Waals surface area contributed by atoms with Crippen LogP contribution in [-0.4, -0.2) is 26.0 Å². The van der Waals surface area contributed by atoms with Gasteiger partial charge >= 0.3 is 0 Å². The largest absolute Gasteiger partial charge is 0.497 e. The molecule has 0 spiro atoms. The van der Waals surface area contributed by atoms with Crippen molar-refractivity contribution in [3.63, 3.8) is 0 Å². The Balaban J connectivity index is 2.07. The molecule has 2 aromatic rings. The second kappa shape index (κ2) is 7.31. The topological polar surface area (TPSA) is 76.7 Å². The number of rotatable bonds is 4. The van der Waals surface area contributed by atoms with E-state index in [2.05, 4.69) is 10.9 Å². The second-order valence-electron chi connectivity index (χ2n) is 4.84. The lowest BCUT2D eigenvalue weighted by Crippen LogP contribution is -2.41. The highest BCUT2D eigenvalue weighted by Gasteiger charge is 2.14. The molecule has 0 heterocycles. The van der Waals surface area contributed by atoms with Gasteiger partial charge in [-0.2, -0.15) is 0 Å². The van der Waals surface area contributed by atoms with Gasteiger partial charge in [-0.05, 0) is 37.3 Å². The molecule has 0 radical (unpaired) electrons. The molecule has 0 unspecified atom stereocenters. The van der Waals surface area contributed by atoms with E-state index in [9.17, 15) is 9.59 Å². The fourth-order valence-electron chi connectivity index (χ4n) is 1.95. The van der Waals surface area contributed by atoms with Crippen molar-refractivity contribution in [1.82, 2.24) is 10.9 Å². The Bertz CT molecular complexity index is 711. The third-order valence-corrected chi connectivity index (χ3v) is 3.25. The number of amides is 2. The lowest BCUT2D eigenvalue weighted by atomic mass is 10.1. The number of nitrogens with one attached hydrogen (secondary N) is 2. The SMILES string of the molecule is COc1ccc(OC)c(C(=O)NNC(=O)c2ccc(C)cc2)c1. The van der Waals surface area contributed by atoms with Crippen LogP contribution in [-0.2, 0) is 0 Å². The summed E-state index contributed by atoms with van der Waals surface area (Å²) in [5, 5.41) is 0. The number of carbonyl (C=O) groups excluding carboxylic acids is 2. The Hall–Kier alpha value is -3.02. The first-order valence-corrected chi connectivity index (χ1v) is 6.94. The third-order valence-electron chi connectivity index (χ3n) is 3.25. The average Bonchev–Trinajstić information content (AvgIpc) is 2.59. The van der Waals surface area contributed by atoms with Crippen LogP contribution in [0.2, 0.25) is 0 Å². The van der Waals surface area contributed by atoms with E-state index >= 15 is 0 Å². The summed E-state index contributed by atoms with van der Waals surface area (Å²) in [5.74, 6) is -0.00452. The van der Waals surface area contributed by atoms with Crippen LogP contribution in [0, 0.1) is 6.92 Å². The summed E-state index contributed by atoms with van der Waals surface area (Å²) in [6.07, 6.45) is 0. The van der Waals surface area contributed by atoms with Gasteiger partial charge in [0, 0.05) is 5.56 Å². The summed E-state index contributed by atoms with van der Waals surface area (Å²) in [6.45, 7) is 1.93. The molecule has 23 heavy (non-hydrogen) atoms. The van der Waals surface area contributed by atoms with E-state index < -0.39 is 11.8 Å². The van der Waals surface area contributed by atoms with Crippen molar-refractivity contribution in [2.45, 2.75) is 6.92 Å². The van der Waals surface area contributed by atoms with E-state index in [1.54, 1.807) is 24.3 Å². The Morgan fingerprint density at radius 2 is 1.52 bits per heavy atom. The van der Waals surface area contributed by atoms with Crippen molar-refractivity contribution in [3.05, 3.63) is 59.2 Å². The van der Waals surface area contributed by atoms with Crippen LogP contribution in [0.15, 0.2) is 42.5 Å². The van der Waals surface area contributed by atoms with Crippen LogP contribution in [0.25, 0.3) is 0 Å². The fraction of sp³-hybridized carbons (Fsp3) is 0.176. The van der Waals surface area contributed by atoms with Gasteiger partial charge < -0.3 is 9.47 Å². The van der Waals surface area contributed by atoms with Crippen LogP contribution < -0.4 is 20.3 Å². The monoisotopic (exact) mass is 314 g/mol. The van der Waals surface area contributed by atoms with Crippen molar-refractivity contribution < 1.29 is 19.1 Å². The molecule has 120 valence electrons. The molecule has 0 saturated carbocycles. The minimum absolute atomic E-state index is 0.260. The first kappa shape index (κ1) is 16.4. The van der Waals surface area contributed by atoms with Crippen LogP contribution in [0.1, 0.15) is 26.3 Å². The minimum atomic E-state index is -0.499. The number of hydrogen-bond donors (Lipinski definition) is 2. The summed E-state index contributed by atoms with van der Waals surface area (Å²) in [7, 11) is 2.96. The maximum atomic E-state index is 12.2. The number of carbonyl (C=O) groups is 2. The molecule has 0 saturated heterocycles. The highest BCUT2D eigenvalue weighted by atomic mass is 16.5. The first-order valence-electron chi connectivity index (χ1n) is 6.94. The van der Waals surface area contributed by atoms with E-state index in [1.165, 1.54) is 20.3 Å². The van der Waals surface area contributed by atoms with E-state index in [4.69, 9.17) is 9.47 Å². The summed E-state index contributed by atoms with van der Waals surface area (Å²) in [5.41, 5.74) is 6.49. The number of hydrazine groups is 1. The van der Waals surface area contributed by atoms with Gasteiger partial charge in [-0.3, -0.25) is 20.4 Å². The molecular weight excluding hydrogens is 296 g/mol. The average molecular weight is 314 g/mol. The smallest absolute Gasteiger partial charge is 0.273 e. The Morgan fingerprint density at radius 3 is 2.13 bits per heavy atom. The van der Waals surface area contributed by atoms with Crippen molar-refractivity contribution in [3.8, 4) is 11.5 Å². The summed E-state index contributed by atoms with van der Waals surface area (Å²) >= 11 is 0. The Morgan fingerprint density at radius 1 is 0.870 bits per heavy atom. The molecule has 2 amide bonds. The molecule has 0 aliphatic carbocycles. The van der Waals surface area contributed by atoms with E-state index in [-0.39, 0.29) is 5.56 Å². The highest BCUT2D eigenvalue weighted by molar-refractivity contribution is 6.00. The van der Waals surface area contributed by atoms with Gasteiger partial charge in [-0.15, -0.1) is 0 Å². The highest BCUT2D eigenvalue weighted by Crippen LogP contribution is 2.23. The summed E-state index contributed by atoms with van der Waals surface area (Å²) in [6, 6.07) is 11.8. The van der Waals surface area contributed by atoms with Crippen LogP contribution in [0.4, 0.5) is 0 Å². The van der Waals surface area contributed by atoms with E-state index in [0.717, 1.165) is 5.56 Å². The summed E-state index contributed by atoms with van der Waals surface area (Å²) in [4.78, 5) is 24.2. The molecule has 0 aliphatic heterocycles. The van der Waals surface area contributed by atoms with Gasteiger partial charge in [-0.25, -0.2) is 0 Å². The molecule has 2 rings (SSSR count). The lowest BCUT2D eigenvalue weighted by Gasteiger charge is -2.11. The molecule has 2 N–H and O–H groups in total. The number of hydrogen-bond acceptors (Lipinski definition) is 4. The molecule has 6 nitrogen and oxygen atoms in total. The second-order valence-corrected chi connectivity index (χ2v) is 4.84. The molecule has 0 bridgehead atoms. The fourth-order valence-corrected chi connectivity index (χ4v) is 1.95. The predicted molar refractivity (Wildman–Crippen MR) is 85.7 cm³/mol. The number of ether oxygens (including phenoxy) is 2. The van der Waals surface area contributed by atoms with Gasteiger partial charge in [-0.1, -0.05) is 17.7 Å². The summed E-state index contributed by atoms with van der Waals surface area (Å²) < 4.78 is 10.2. The molecule has 6 heteroatoms. The van der Waals surface area contributed by atoms with Crippen LogP contribution in [0.5, 0.6) is 11.5 Å². The first-order chi connectivity index (χ1) is 11.0. The lowest BCUT2D eigenvalue weighted by molar-refractivity contribution is 0.0844. The normalized spacial score (nSPS) is 9.87. The molecule has 0 aromatic heterocycles. The van der Waals surface area contributed by atoms with E-state index in [0.29, 0.717) is 17.1 Å². The van der Waals surface area contributed by atoms with Crippen LogP contribution >= 0.6 is 0 Å². The Kier molecular flexibility index (Phi) is 5.19. The molecular formula is C17H18N2O4. The van der Waals surface area contributed by atoms with Crippen molar-refractivity contribution in [2.75, 3.05) is 14.2 Å². The van der Waals surface area contributed by atoms with Crippen molar-refractivity contribution in [2.24, 2.45) is 0 Å². The minimum Gasteiger partial charge on any atom is -0.497 e. The molecule has 0 atom stereocenters.